The van der Waals surface area contributed by atoms with Crippen LogP contribution in [0, 0.1) is 6.92 Å². The molecule has 16 heavy (non-hydrogen) atoms. The second-order valence-corrected chi connectivity index (χ2v) is 5.82. The standard InChI is InChI=1S/C14H23NS/c1-3-15-13-8-6-4-5-7-12(13)14-11(2)9-10-16-14/h9-10,12-13,15H,3-8H2,1-2H3. The summed E-state index contributed by atoms with van der Waals surface area (Å²) in [6.07, 6.45) is 6.96. The van der Waals surface area contributed by atoms with E-state index in [1.54, 1.807) is 4.88 Å². The maximum atomic E-state index is 3.70. The fourth-order valence-electron chi connectivity index (χ4n) is 2.89. The predicted molar refractivity (Wildman–Crippen MR) is 72.3 cm³/mol. The van der Waals surface area contributed by atoms with Gasteiger partial charge in [0, 0.05) is 16.8 Å². The van der Waals surface area contributed by atoms with Gasteiger partial charge in [-0.15, -0.1) is 11.3 Å². The summed E-state index contributed by atoms with van der Waals surface area (Å²) in [6, 6.07) is 2.98. The van der Waals surface area contributed by atoms with Crippen LogP contribution in [-0.4, -0.2) is 12.6 Å². The van der Waals surface area contributed by atoms with E-state index in [4.69, 9.17) is 0 Å². The maximum Gasteiger partial charge on any atom is 0.0144 e. The molecule has 1 aromatic rings. The summed E-state index contributed by atoms with van der Waals surface area (Å²) in [4.78, 5) is 1.63. The molecule has 0 radical (unpaired) electrons. The second-order valence-electron chi connectivity index (χ2n) is 4.88. The minimum Gasteiger partial charge on any atom is -0.314 e. The van der Waals surface area contributed by atoms with Crippen LogP contribution in [-0.2, 0) is 0 Å². The van der Waals surface area contributed by atoms with Crippen molar-refractivity contribution in [2.24, 2.45) is 0 Å². The van der Waals surface area contributed by atoms with E-state index in [1.165, 1.54) is 37.7 Å². The Bertz CT molecular complexity index is 318. The number of hydrogen-bond acceptors (Lipinski definition) is 2. The predicted octanol–water partition coefficient (Wildman–Crippen LogP) is 4.08. The summed E-state index contributed by atoms with van der Waals surface area (Å²) < 4.78 is 0. The summed E-state index contributed by atoms with van der Waals surface area (Å²) in [5, 5.41) is 5.95. The Morgan fingerprint density at radius 3 is 2.81 bits per heavy atom. The smallest absolute Gasteiger partial charge is 0.0144 e. The summed E-state index contributed by atoms with van der Waals surface area (Å²) in [6.45, 7) is 5.59. The SMILES string of the molecule is CCNC1CCCCCC1c1sccc1C. The number of nitrogens with one attached hydrogen (secondary N) is 1. The van der Waals surface area contributed by atoms with Crippen molar-refractivity contribution in [1.82, 2.24) is 5.32 Å². The van der Waals surface area contributed by atoms with Crippen LogP contribution in [0.4, 0.5) is 0 Å². The van der Waals surface area contributed by atoms with E-state index in [-0.39, 0.29) is 0 Å². The molecule has 1 aliphatic rings. The quantitative estimate of drug-likeness (QED) is 0.781. The molecule has 1 aliphatic carbocycles. The molecular formula is C14H23NS. The number of likely N-dealkylation sites (N-methyl/N-ethyl adjacent to an activating group) is 1. The molecule has 1 aromatic heterocycles. The van der Waals surface area contributed by atoms with Crippen LogP contribution >= 0.6 is 11.3 Å². The van der Waals surface area contributed by atoms with E-state index in [9.17, 15) is 0 Å². The molecule has 1 saturated carbocycles. The Kier molecular flexibility index (Phi) is 4.42. The summed E-state index contributed by atoms with van der Waals surface area (Å²) >= 11 is 1.95. The zero-order valence-corrected chi connectivity index (χ0v) is 11.3. The van der Waals surface area contributed by atoms with Gasteiger partial charge < -0.3 is 5.32 Å². The Labute approximate surface area is 103 Å². The van der Waals surface area contributed by atoms with Crippen molar-refractivity contribution in [2.75, 3.05) is 6.54 Å². The number of thiophene rings is 1. The van der Waals surface area contributed by atoms with Crippen molar-refractivity contribution in [3.8, 4) is 0 Å². The Hall–Kier alpha value is -0.340. The van der Waals surface area contributed by atoms with Crippen molar-refractivity contribution in [1.29, 1.82) is 0 Å². The van der Waals surface area contributed by atoms with Crippen molar-refractivity contribution in [2.45, 2.75) is 57.9 Å². The topological polar surface area (TPSA) is 12.0 Å². The lowest BCUT2D eigenvalue weighted by Gasteiger charge is -2.25. The van der Waals surface area contributed by atoms with Crippen LogP contribution in [0.1, 0.15) is 55.4 Å². The average molecular weight is 237 g/mol. The number of aryl methyl sites for hydroxylation is 1. The summed E-state index contributed by atoms with van der Waals surface area (Å²) in [7, 11) is 0. The third kappa shape index (κ3) is 2.67. The molecule has 0 aliphatic heterocycles. The summed E-state index contributed by atoms with van der Waals surface area (Å²) in [5.74, 6) is 0.766. The first kappa shape index (κ1) is 12.1. The van der Waals surface area contributed by atoms with Crippen LogP contribution in [0.15, 0.2) is 11.4 Å². The van der Waals surface area contributed by atoms with E-state index in [0.29, 0.717) is 6.04 Å². The third-order valence-corrected chi connectivity index (χ3v) is 4.87. The van der Waals surface area contributed by atoms with Gasteiger partial charge in [0.1, 0.15) is 0 Å². The first-order chi connectivity index (χ1) is 7.83. The lowest BCUT2D eigenvalue weighted by Crippen LogP contribution is -2.34. The summed E-state index contributed by atoms with van der Waals surface area (Å²) in [5.41, 5.74) is 1.50. The van der Waals surface area contributed by atoms with E-state index in [1.807, 2.05) is 11.3 Å². The maximum absolute atomic E-state index is 3.70. The lowest BCUT2D eigenvalue weighted by atomic mass is 9.91. The molecule has 0 bridgehead atoms. The van der Waals surface area contributed by atoms with Gasteiger partial charge in [0.2, 0.25) is 0 Å². The fourth-order valence-corrected chi connectivity index (χ4v) is 4.02. The van der Waals surface area contributed by atoms with Gasteiger partial charge in [-0.3, -0.25) is 0 Å². The highest BCUT2D eigenvalue weighted by atomic mass is 32.1. The zero-order valence-electron chi connectivity index (χ0n) is 10.5. The molecule has 2 rings (SSSR count). The number of rotatable bonds is 3. The van der Waals surface area contributed by atoms with Crippen molar-refractivity contribution in [3.63, 3.8) is 0 Å². The Morgan fingerprint density at radius 1 is 1.31 bits per heavy atom. The lowest BCUT2D eigenvalue weighted by molar-refractivity contribution is 0.422. The molecule has 2 heteroatoms. The number of hydrogen-bond donors (Lipinski definition) is 1. The average Bonchev–Trinajstić information content (AvgIpc) is 2.56. The minimum atomic E-state index is 0.713. The van der Waals surface area contributed by atoms with Gasteiger partial charge >= 0.3 is 0 Å². The molecule has 2 unspecified atom stereocenters. The van der Waals surface area contributed by atoms with Gasteiger partial charge in [0.15, 0.2) is 0 Å². The largest absolute Gasteiger partial charge is 0.314 e. The third-order valence-electron chi connectivity index (χ3n) is 3.72. The van der Waals surface area contributed by atoms with Gasteiger partial charge in [-0.05, 0) is 43.3 Å². The Morgan fingerprint density at radius 2 is 2.12 bits per heavy atom. The molecule has 90 valence electrons. The van der Waals surface area contributed by atoms with E-state index in [0.717, 1.165) is 12.5 Å². The van der Waals surface area contributed by atoms with Crippen LogP contribution in [0.5, 0.6) is 0 Å². The molecule has 1 N–H and O–H groups in total. The highest BCUT2D eigenvalue weighted by molar-refractivity contribution is 7.10. The van der Waals surface area contributed by atoms with Crippen LogP contribution in [0.2, 0.25) is 0 Å². The highest BCUT2D eigenvalue weighted by Crippen LogP contribution is 2.36. The van der Waals surface area contributed by atoms with Gasteiger partial charge in [0.05, 0.1) is 0 Å². The molecule has 0 saturated heterocycles. The van der Waals surface area contributed by atoms with Gasteiger partial charge in [0.25, 0.3) is 0 Å². The van der Waals surface area contributed by atoms with Gasteiger partial charge in [-0.25, -0.2) is 0 Å². The Balaban J connectivity index is 2.17. The second kappa shape index (κ2) is 5.83. The van der Waals surface area contributed by atoms with Gasteiger partial charge in [-0.2, -0.15) is 0 Å². The molecule has 1 fully saturated rings. The van der Waals surface area contributed by atoms with Crippen molar-refractivity contribution >= 4 is 11.3 Å². The van der Waals surface area contributed by atoms with Crippen LogP contribution in [0.25, 0.3) is 0 Å². The molecule has 0 amide bonds. The van der Waals surface area contributed by atoms with Crippen molar-refractivity contribution in [3.05, 3.63) is 21.9 Å². The molecular weight excluding hydrogens is 214 g/mol. The van der Waals surface area contributed by atoms with E-state index in [2.05, 4.69) is 30.6 Å². The zero-order chi connectivity index (χ0) is 11.4. The van der Waals surface area contributed by atoms with E-state index < -0.39 is 0 Å². The van der Waals surface area contributed by atoms with Crippen LogP contribution in [0.3, 0.4) is 0 Å². The van der Waals surface area contributed by atoms with Crippen molar-refractivity contribution < 1.29 is 0 Å². The fraction of sp³-hybridized carbons (Fsp3) is 0.714. The van der Waals surface area contributed by atoms with Gasteiger partial charge in [-0.1, -0.05) is 26.2 Å². The molecule has 2 atom stereocenters. The molecule has 0 aromatic carbocycles. The molecule has 0 spiro atoms. The molecule has 1 nitrogen and oxygen atoms in total. The van der Waals surface area contributed by atoms with E-state index >= 15 is 0 Å². The normalized spacial score (nSPS) is 26.6. The molecule has 1 heterocycles. The first-order valence-corrected chi connectivity index (χ1v) is 7.48. The van der Waals surface area contributed by atoms with Crippen LogP contribution < -0.4 is 5.32 Å². The first-order valence-electron chi connectivity index (χ1n) is 6.60. The highest BCUT2D eigenvalue weighted by Gasteiger charge is 2.26. The minimum absolute atomic E-state index is 0.713. The monoisotopic (exact) mass is 237 g/mol.